The Morgan fingerprint density at radius 2 is 1.88 bits per heavy atom. The van der Waals surface area contributed by atoms with Gasteiger partial charge in [0, 0.05) is 6.61 Å². The Bertz CT molecular complexity index is 244. The van der Waals surface area contributed by atoms with Crippen LogP contribution in [0.15, 0.2) is 0 Å². The molecule has 2 saturated carbocycles. The maximum Gasteiger partial charge on any atom is 0.411 e. The van der Waals surface area contributed by atoms with Gasteiger partial charge in [-0.25, -0.2) is 0 Å². The molecule has 0 aliphatic heterocycles. The minimum atomic E-state index is -4.21. The Balaban J connectivity index is 1.68. The van der Waals surface area contributed by atoms with E-state index < -0.39 is 12.8 Å². The standard InChI is InChI=1S/C11H18F3NO/c12-11(13,14)7-16-2-1-10(6-15)4-8-3-9(8)5-10/h8-9H,1-7,15H2. The fourth-order valence-corrected chi connectivity index (χ4v) is 2.96. The van der Waals surface area contributed by atoms with Crippen molar-refractivity contribution in [2.45, 2.75) is 31.9 Å². The summed E-state index contributed by atoms with van der Waals surface area (Å²) in [6, 6.07) is 0. The summed E-state index contributed by atoms with van der Waals surface area (Å²) in [7, 11) is 0. The molecular formula is C11H18F3NO. The zero-order chi connectivity index (χ0) is 11.8. The molecule has 0 aromatic heterocycles. The molecule has 0 heterocycles. The average Bonchev–Trinajstić information content (AvgIpc) is 2.81. The highest BCUT2D eigenvalue weighted by molar-refractivity contribution is 5.03. The monoisotopic (exact) mass is 237 g/mol. The smallest absolute Gasteiger partial charge is 0.372 e. The summed E-state index contributed by atoms with van der Waals surface area (Å²) in [6.45, 7) is -0.383. The highest BCUT2D eigenvalue weighted by Crippen LogP contribution is 2.60. The fourth-order valence-electron chi connectivity index (χ4n) is 2.96. The van der Waals surface area contributed by atoms with Crippen LogP contribution in [0.25, 0.3) is 0 Å². The van der Waals surface area contributed by atoms with Gasteiger partial charge in [0.2, 0.25) is 0 Å². The third kappa shape index (κ3) is 2.88. The maximum atomic E-state index is 11.9. The van der Waals surface area contributed by atoms with Crippen LogP contribution in [0.1, 0.15) is 25.7 Å². The number of nitrogens with two attached hydrogens (primary N) is 1. The van der Waals surface area contributed by atoms with Crippen molar-refractivity contribution >= 4 is 0 Å². The van der Waals surface area contributed by atoms with E-state index in [0.29, 0.717) is 13.0 Å². The number of halogens is 3. The number of fused-ring (bicyclic) bond motifs is 1. The molecule has 0 aromatic rings. The Morgan fingerprint density at radius 3 is 2.38 bits per heavy atom. The normalized spacial score (nSPS) is 37.5. The molecule has 2 rings (SSSR count). The molecule has 2 nitrogen and oxygen atoms in total. The van der Waals surface area contributed by atoms with Gasteiger partial charge in [0.25, 0.3) is 0 Å². The molecule has 0 spiro atoms. The first-order valence-corrected chi connectivity index (χ1v) is 5.79. The Hall–Kier alpha value is -0.290. The average molecular weight is 237 g/mol. The summed E-state index contributed by atoms with van der Waals surface area (Å²) in [6.07, 6.45) is -0.0709. The number of alkyl halides is 3. The highest BCUT2D eigenvalue weighted by Gasteiger charge is 2.52. The van der Waals surface area contributed by atoms with Gasteiger partial charge in [0.15, 0.2) is 0 Å². The lowest BCUT2D eigenvalue weighted by molar-refractivity contribution is -0.175. The van der Waals surface area contributed by atoms with Crippen LogP contribution in [0.4, 0.5) is 13.2 Å². The topological polar surface area (TPSA) is 35.2 Å². The van der Waals surface area contributed by atoms with E-state index >= 15 is 0 Å². The van der Waals surface area contributed by atoms with Crippen molar-refractivity contribution in [2.75, 3.05) is 19.8 Å². The van der Waals surface area contributed by atoms with Gasteiger partial charge in [-0.05, 0) is 49.5 Å². The van der Waals surface area contributed by atoms with E-state index in [-0.39, 0.29) is 12.0 Å². The molecule has 0 radical (unpaired) electrons. The first-order chi connectivity index (χ1) is 7.44. The molecule has 5 heteroatoms. The Morgan fingerprint density at radius 1 is 1.25 bits per heavy atom. The largest absolute Gasteiger partial charge is 0.411 e. The summed E-state index contributed by atoms with van der Waals surface area (Å²) in [5.41, 5.74) is 5.81. The molecule has 0 amide bonds. The van der Waals surface area contributed by atoms with Crippen molar-refractivity contribution in [1.82, 2.24) is 0 Å². The molecule has 0 saturated heterocycles. The predicted octanol–water partition coefficient (Wildman–Crippen LogP) is 2.33. The van der Waals surface area contributed by atoms with Crippen LogP contribution in [0, 0.1) is 17.3 Å². The van der Waals surface area contributed by atoms with Gasteiger partial charge < -0.3 is 10.5 Å². The summed E-state index contributed by atoms with van der Waals surface area (Å²) in [4.78, 5) is 0. The van der Waals surface area contributed by atoms with Crippen molar-refractivity contribution in [3.05, 3.63) is 0 Å². The van der Waals surface area contributed by atoms with Crippen molar-refractivity contribution in [1.29, 1.82) is 0 Å². The molecule has 2 N–H and O–H groups in total. The number of hydrogen-bond donors (Lipinski definition) is 1. The maximum absolute atomic E-state index is 11.9. The molecule has 0 aromatic carbocycles. The van der Waals surface area contributed by atoms with Crippen molar-refractivity contribution < 1.29 is 17.9 Å². The molecule has 2 aliphatic carbocycles. The number of hydrogen-bond acceptors (Lipinski definition) is 2. The Kier molecular flexibility index (Phi) is 3.18. The van der Waals surface area contributed by atoms with E-state index in [1.54, 1.807) is 0 Å². The van der Waals surface area contributed by atoms with Gasteiger partial charge in [0.1, 0.15) is 6.61 Å². The van der Waals surface area contributed by atoms with Crippen LogP contribution in [-0.2, 0) is 4.74 Å². The third-order valence-electron chi connectivity index (χ3n) is 3.93. The molecular weight excluding hydrogens is 219 g/mol. The summed E-state index contributed by atoms with van der Waals surface area (Å²) < 4.78 is 40.2. The SMILES string of the molecule is NCC1(CCOCC(F)(F)F)CC2CC2C1. The number of ether oxygens (including phenoxy) is 1. The van der Waals surface area contributed by atoms with E-state index in [9.17, 15) is 13.2 Å². The minimum absolute atomic E-state index is 0.0686. The lowest BCUT2D eigenvalue weighted by Crippen LogP contribution is -2.31. The summed E-state index contributed by atoms with van der Waals surface area (Å²) >= 11 is 0. The zero-order valence-corrected chi connectivity index (χ0v) is 9.22. The summed E-state index contributed by atoms with van der Waals surface area (Å²) in [5, 5.41) is 0. The van der Waals surface area contributed by atoms with E-state index in [2.05, 4.69) is 4.74 Å². The molecule has 2 aliphatic rings. The van der Waals surface area contributed by atoms with Crippen molar-refractivity contribution in [3.63, 3.8) is 0 Å². The van der Waals surface area contributed by atoms with Crippen molar-refractivity contribution in [2.24, 2.45) is 23.0 Å². The second-order valence-corrected chi connectivity index (χ2v) is 5.29. The second-order valence-electron chi connectivity index (χ2n) is 5.29. The van der Waals surface area contributed by atoms with Gasteiger partial charge in [0.05, 0.1) is 0 Å². The molecule has 16 heavy (non-hydrogen) atoms. The first kappa shape index (κ1) is 12.2. The fraction of sp³-hybridized carbons (Fsp3) is 1.00. The van der Waals surface area contributed by atoms with Crippen LogP contribution in [-0.4, -0.2) is 25.9 Å². The van der Waals surface area contributed by atoms with E-state index in [4.69, 9.17) is 5.73 Å². The zero-order valence-electron chi connectivity index (χ0n) is 9.22. The highest BCUT2D eigenvalue weighted by atomic mass is 19.4. The van der Waals surface area contributed by atoms with Crippen LogP contribution >= 0.6 is 0 Å². The van der Waals surface area contributed by atoms with Gasteiger partial charge in [-0.3, -0.25) is 0 Å². The van der Waals surface area contributed by atoms with E-state index in [0.717, 1.165) is 24.7 Å². The van der Waals surface area contributed by atoms with Crippen LogP contribution in [0.2, 0.25) is 0 Å². The van der Waals surface area contributed by atoms with E-state index in [1.807, 2.05) is 0 Å². The molecule has 2 unspecified atom stereocenters. The lowest BCUT2D eigenvalue weighted by atomic mass is 9.80. The second kappa shape index (κ2) is 4.18. The third-order valence-corrected chi connectivity index (χ3v) is 3.93. The predicted molar refractivity (Wildman–Crippen MR) is 53.8 cm³/mol. The van der Waals surface area contributed by atoms with E-state index in [1.165, 1.54) is 6.42 Å². The minimum Gasteiger partial charge on any atom is -0.372 e. The van der Waals surface area contributed by atoms with Gasteiger partial charge in [-0.1, -0.05) is 0 Å². The lowest BCUT2D eigenvalue weighted by Gasteiger charge is -2.29. The van der Waals surface area contributed by atoms with Gasteiger partial charge in [-0.15, -0.1) is 0 Å². The molecule has 2 fully saturated rings. The van der Waals surface area contributed by atoms with Crippen LogP contribution in [0.5, 0.6) is 0 Å². The van der Waals surface area contributed by atoms with Crippen LogP contribution < -0.4 is 5.73 Å². The molecule has 0 bridgehead atoms. The van der Waals surface area contributed by atoms with Crippen LogP contribution in [0.3, 0.4) is 0 Å². The first-order valence-electron chi connectivity index (χ1n) is 5.79. The van der Waals surface area contributed by atoms with Gasteiger partial charge >= 0.3 is 6.18 Å². The Labute approximate surface area is 93.3 Å². The quantitative estimate of drug-likeness (QED) is 0.745. The molecule has 2 atom stereocenters. The molecule has 94 valence electrons. The number of rotatable bonds is 5. The van der Waals surface area contributed by atoms with Gasteiger partial charge in [-0.2, -0.15) is 13.2 Å². The van der Waals surface area contributed by atoms with Crippen molar-refractivity contribution in [3.8, 4) is 0 Å². The summed E-state index contributed by atoms with van der Waals surface area (Å²) in [5.74, 6) is 1.59.